The zero-order chi connectivity index (χ0) is 17.5. The molecule has 0 saturated carbocycles. The fourth-order valence-corrected chi connectivity index (χ4v) is 1.89. The van der Waals surface area contributed by atoms with Gasteiger partial charge in [-0.15, -0.1) is 0 Å². The van der Waals surface area contributed by atoms with Crippen LogP contribution in [0.15, 0.2) is 60.3 Å². The molecule has 0 aliphatic rings. The number of hydrogen-bond donors (Lipinski definition) is 2. The first kappa shape index (κ1) is 16.7. The minimum Gasteiger partial charge on any atom is -0.355 e. The second-order valence-electron chi connectivity index (χ2n) is 4.91. The topological polar surface area (TPSA) is 108 Å². The van der Waals surface area contributed by atoms with Crippen LogP contribution in [0.5, 0.6) is 0 Å². The molecule has 0 aliphatic heterocycles. The number of nitro groups is 1. The molecule has 0 unspecified atom stereocenters. The number of nitriles is 1. The van der Waals surface area contributed by atoms with E-state index in [0.717, 1.165) is 11.8 Å². The Morgan fingerprint density at radius 3 is 2.50 bits per heavy atom. The maximum atomic E-state index is 12.1. The van der Waals surface area contributed by atoms with Gasteiger partial charge in [-0.3, -0.25) is 14.9 Å². The predicted molar refractivity (Wildman–Crippen MR) is 90.2 cm³/mol. The molecule has 0 saturated heterocycles. The standard InChI is InChI=1S/C17H14N4O3/c1-12-6-8-14(9-7-12)20-17(22)13(10-18)11-19-15-4-2-3-5-16(15)21(23)24/h2-9,11,19H,1H3,(H,20,22)/b13-11-. The number of amides is 1. The van der Waals surface area contributed by atoms with Gasteiger partial charge in [-0.2, -0.15) is 5.26 Å². The lowest BCUT2D eigenvalue weighted by Crippen LogP contribution is -2.14. The van der Waals surface area contributed by atoms with E-state index in [0.29, 0.717) is 5.69 Å². The smallest absolute Gasteiger partial charge is 0.292 e. The number of nitrogens with one attached hydrogen (secondary N) is 2. The van der Waals surface area contributed by atoms with Crippen LogP contribution in [0.3, 0.4) is 0 Å². The molecule has 0 atom stereocenters. The highest BCUT2D eigenvalue weighted by Gasteiger charge is 2.13. The molecular weight excluding hydrogens is 308 g/mol. The second kappa shape index (κ2) is 7.56. The lowest BCUT2D eigenvalue weighted by atomic mass is 10.2. The SMILES string of the molecule is Cc1ccc(NC(=O)/C(C#N)=C\Nc2ccccc2[N+](=O)[O-])cc1. The summed E-state index contributed by atoms with van der Waals surface area (Å²) in [6.07, 6.45) is 1.14. The van der Waals surface area contributed by atoms with E-state index in [9.17, 15) is 14.9 Å². The summed E-state index contributed by atoms with van der Waals surface area (Å²) >= 11 is 0. The molecule has 2 aromatic rings. The lowest BCUT2D eigenvalue weighted by Gasteiger charge is -2.06. The Bertz CT molecular complexity index is 836. The molecule has 24 heavy (non-hydrogen) atoms. The third-order valence-electron chi connectivity index (χ3n) is 3.15. The van der Waals surface area contributed by atoms with Crippen molar-refractivity contribution in [2.75, 3.05) is 10.6 Å². The fraction of sp³-hybridized carbons (Fsp3) is 0.0588. The molecular formula is C17H14N4O3. The summed E-state index contributed by atoms with van der Waals surface area (Å²) in [6, 6.07) is 14.8. The predicted octanol–water partition coefficient (Wildman–Crippen LogP) is 3.36. The normalized spacial score (nSPS) is 10.6. The Kier molecular flexibility index (Phi) is 5.26. The van der Waals surface area contributed by atoms with Gasteiger partial charge >= 0.3 is 0 Å². The Hall–Kier alpha value is -3.66. The summed E-state index contributed by atoms with van der Waals surface area (Å²) in [7, 11) is 0. The van der Waals surface area contributed by atoms with E-state index in [1.165, 1.54) is 18.2 Å². The van der Waals surface area contributed by atoms with E-state index in [4.69, 9.17) is 5.26 Å². The third kappa shape index (κ3) is 4.18. The maximum absolute atomic E-state index is 12.1. The van der Waals surface area contributed by atoms with Crippen molar-refractivity contribution in [3.05, 3.63) is 76.0 Å². The van der Waals surface area contributed by atoms with Crippen molar-refractivity contribution in [1.29, 1.82) is 5.26 Å². The zero-order valence-corrected chi connectivity index (χ0v) is 12.8. The molecule has 7 heteroatoms. The van der Waals surface area contributed by atoms with E-state index in [2.05, 4.69) is 10.6 Å². The van der Waals surface area contributed by atoms with Crippen LogP contribution in [0.2, 0.25) is 0 Å². The van der Waals surface area contributed by atoms with Crippen LogP contribution in [0, 0.1) is 28.4 Å². The van der Waals surface area contributed by atoms with E-state index < -0.39 is 10.8 Å². The number of anilines is 2. The minimum absolute atomic E-state index is 0.148. The molecule has 0 bridgehead atoms. The van der Waals surface area contributed by atoms with Gasteiger partial charge in [0.2, 0.25) is 0 Å². The first-order valence-electron chi connectivity index (χ1n) is 6.99. The first-order valence-corrected chi connectivity index (χ1v) is 6.99. The number of hydrogen-bond acceptors (Lipinski definition) is 5. The average molecular weight is 322 g/mol. The number of carbonyl (C=O) groups excluding carboxylic acids is 1. The summed E-state index contributed by atoms with van der Waals surface area (Å²) in [6.45, 7) is 1.92. The van der Waals surface area contributed by atoms with Crippen molar-refractivity contribution >= 4 is 23.0 Å². The van der Waals surface area contributed by atoms with Crippen molar-refractivity contribution in [2.45, 2.75) is 6.92 Å². The number of rotatable bonds is 5. The van der Waals surface area contributed by atoms with Crippen LogP contribution in [0.4, 0.5) is 17.1 Å². The Morgan fingerprint density at radius 1 is 1.21 bits per heavy atom. The van der Waals surface area contributed by atoms with E-state index in [-0.39, 0.29) is 16.9 Å². The molecule has 0 fully saturated rings. The molecule has 0 heterocycles. The lowest BCUT2D eigenvalue weighted by molar-refractivity contribution is -0.383. The number of para-hydroxylation sites is 2. The number of nitrogens with zero attached hydrogens (tertiary/aromatic N) is 2. The highest BCUT2D eigenvalue weighted by molar-refractivity contribution is 6.06. The quantitative estimate of drug-likeness (QED) is 0.380. The summed E-state index contributed by atoms with van der Waals surface area (Å²) < 4.78 is 0. The molecule has 0 aliphatic carbocycles. The van der Waals surface area contributed by atoms with Gasteiger partial charge in [-0.05, 0) is 25.1 Å². The third-order valence-corrected chi connectivity index (χ3v) is 3.15. The number of carbonyl (C=O) groups is 1. The molecule has 2 N–H and O–H groups in total. The summed E-state index contributed by atoms with van der Waals surface area (Å²) in [5, 5.41) is 25.3. The van der Waals surface area contributed by atoms with Gasteiger partial charge in [0.15, 0.2) is 0 Å². The van der Waals surface area contributed by atoms with Gasteiger partial charge < -0.3 is 10.6 Å². The van der Waals surface area contributed by atoms with Gasteiger partial charge in [0.1, 0.15) is 17.3 Å². The molecule has 2 rings (SSSR count). The van der Waals surface area contributed by atoms with Gasteiger partial charge in [0.25, 0.3) is 11.6 Å². The summed E-state index contributed by atoms with van der Waals surface area (Å²) in [4.78, 5) is 22.5. The summed E-state index contributed by atoms with van der Waals surface area (Å²) in [5.74, 6) is -0.604. The van der Waals surface area contributed by atoms with Crippen LogP contribution in [-0.4, -0.2) is 10.8 Å². The maximum Gasteiger partial charge on any atom is 0.292 e. The number of nitro benzene ring substituents is 1. The Morgan fingerprint density at radius 2 is 1.88 bits per heavy atom. The van der Waals surface area contributed by atoms with E-state index in [1.54, 1.807) is 24.3 Å². The van der Waals surface area contributed by atoms with Crippen molar-refractivity contribution in [1.82, 2.24) is 0 Å². The van der Waals surface area contributed by atoms with Crippen LogP contribution in [0.25, 0.3) is 0 Å². The molecule has 2 aromatic carbocycles. The van der Waals surface area contributed by atoms with Crippen molar-refractivity contribution in [3.63, 3.8) is 0 Å². The second-order valence-corrected chi connectivity index (χ2v) is 4.91. The number of aryl methyl sites for hydroxylation is 1. The average Bonchev–Trinajstić information content (AvgIpc) is 2.57. The molecule has 1 amide bonds. The fourth-order valence-electron chi connectivity index (χ4n) is 1.89. The molecule has 0 spiro atoms. The molecule has 0 radical (unpaired) electrons. The molecule has 0 aromatic heterocycles. The largest absolute Gasteiger partial charge is 0.355 e. The van der Waals surface area contributed by atoms with Crippen LogP contribution >= 0.6 is 0 Å². The van der Waals surface area contributed by atoms with Crippen molar-refractivity contribution in [2.24, 2.45) is 0 Å². The minimum atomic E-state index is -0.604. The highest BCUT2D eigenvalue weighted by atomic mass is 16.6. The van der Waals surface area contributed by atoms with Crippen molar-refractivity contribution < 1.29 is 9.72 Å². The van der Waals surface area contributed by atoms with Gasteiger partial charge in [0.05, 0.1) is 4.92 Å². The van der Waals surface area contributed by atoms with Gasteiger partial charge in [-0.25, -0.2) is 0 Å². The van der Waals surface area contributed by atoms with Crippen LogP contribution in [-0.2, 0) is 4.79 Å². The van der Waals surface area contributed by atoms with E-state index in [1.807, 2.05) is 19.1 Å². The first-order chi connectivity index (χ1) is 11.5. The Balaban J connectivity index is 2.15. The zero-order valence-electron chi connectivity index (χ0n) is 12.8. The monoisotopic (exact) mass is 322 g/mol. The van der Waals surface area contributed by atoms with E-state index >= 15 is 0 Å². The number of benzene rings is 2. The molecule has 120 valence electrons. The van der Waals surface area contributed by atoms with Gasteiger partial charge in [0, 0.05) is 18.0 Å². The summed E-state index contributed by atoms with van der Waals surface area (Å²) in [5.41, 5.74) is 1.44. The van der Waals surface area contributed by atoms with Crippen molar-refractivity contribution in [3.8, 4) is 6.07 Å². The van der Waals surface area contributed by atoms with Crippen LogP contribution < -0.4 is 10.6 Å². The molecule has 7 nitrogen and oxygen atoms in total. The van der Waals surface area contributed by atoms with Gasteiger partial charge in [-0.1, -0.05) is 29.8 Å². The Labute approximate surface area is 138 Å². The highest BCUT2D eigenvalue weighted by Crippen LogP contribution is 2.23. The van der Waals surface area contributed by atoms with Crippen LogP contribution in [0.1, 0.15) is 5.56 Å².